The van der Waals surface area contributed by atoms with Gasteiger partial charge in [-0.2, -0.15) is 0 Å². The summed E-state index contributed by atoms with van der Waals surface area (Å²) in [6.45, 7) is 8.75. The van der Waals surface area contributed by atoms with Crippen LogP contribution in [0.15, 0.2) is 34.6 Å². The highest BCUT2D eigenvalue weighted by Crippen LogP contribution is 2.71. The Balaban J connectivity index is 1.66. The average molecular weight is 605 g/mol. The number of allylic oxidation sites excluding steroid dienone is 2. The number of esters is 4. The number of methoxy groups -OCH3 is 1. The predicted molar refractivity (Wildman–Crippen MR) is 143 cm³/mol. The number of fused-ring (bicyclic) bond motifs is 2. The SMILES string of the molecule is COC(=O)[C@@]12OC[C@@]34[C@@H](CC5=C(C)C(=O)C(O)=C[C@]5(C)[C@H]3[C@@H](O)[C@@H]1O)OC(=O)[C@H](OC(=O)/C=C(\C)C(C)(C)OC(C)=O)[C@@H]24. The van der Waals surface area contributed by atoms with Crippen LogP contribution in [0.5, 0.6) is 0 Å². The molecule has 2 bridgehead atoms. The first-order valence-corrected chi connectivity index (χ1v) is 13.9. The van der Waals surface area contributed by atoms with Gasteiger partial charge in [0.15, 0.2) is 5.76 Å². The summed E-state index contributed by atoms with van der Waals surface area (Å²) >= 11 is 0. The van der Waals surface area contributed by atoms with E-state index in [1.807, 2.05) is 0 Å². The predicted octanol–water partition coefficient (Wildman–Crippen LogP) is 0.759. The molecule has 2 saturated heterocycles. The minimum absolute atomic E-state index is 0.00370. The number of ether oxygens (including phenoxy) is 5. The maximum absolute atomic E-state index is 13.6. The van der Waals surface area contributed by atoms with E-state index in [0.29, 0.717) is 5.57 Å². The second-order valence-electron chi connectivity index (χ2n) is 12.7. The molecule has 0 radical (unpaired) electrons. The van der Waals surface area contributed by atoms with Crippen molar-refractivity contribution < 1.29 is 63.0 Å². The molecule has 3 N–H and O–H groups in total. The molecule has 0 unspecified atom stereocenters. The third kappa shape index (κ3) is 3.97. The van der Waals surface area contributed by atoms with Crippen LogP contribution in [-0.2, 0) is 47.7 Å². The van der Waals surface area contributed by atoms with Crippen LogP contribution in [0.4, 0.5) is 0 Å². The summed E-state index contributed by atoms with van der Waals surface area (Å²) in [7, 11) is 1.05. The normalized spacial score (nSPS) is 40.1. The van der Waals surface area contributed by atoms with Gasteiger partial charge in [-0.3, -0.25) is 9.59 Å². The second-order valence-corrected chi connectivity index (χ2v) is 12.7. The fourth-order valence-corrected chi connectivity index (χ4v) is 8.27. The van der Waals surface area contributed by atoms with E-state index in [4.69, 9.17) is 23.7 Å². The molecule has 43 heavy (non-hydrogen) atoms. The molecule has 13 heteroatoms. The Morgan fingerprint density at radius 2 is 1.79 bits per heavy atom. The number of carbonyl (C=O) groups is 5. The number of aliphatic hydroxyl groups excluding tert-OH is 3. The fraction of sp³-hybridized carbons (Fsp3) is 0.633. The lowest BCUT2D eigenvalue weighted by Gasteiger charge is -2.65. The molecule has 13 nitrogen and oxygen atoms in total. The number of carbonyl (C=O) groups excluding carboxylic acids is 5. The van der Waals surface area contributed by atoms with Gasteiger partial charge in [-0.15, -0.1) is 0 Å². The molecule has 0 amide bonds. The van der Waals surface area contributed by atoms with Crippen molar-refractivity contribution in [1.29, 1.82) is 0 Å². The molecule has 3 aliphatic carbocycles. The number of hydrogen-bond donors (Lipinski definition) is 3. The molecular weight excluding hydrogens is 568 g/mol. The molecular formula is C30H36O13. The first kappa shape index (κ1) is 30.9. The number of Topliss-reactive ketones (excluding diaryl/α,β-unsaturated/α-hetero) is 1. The van der Waals surface area contributed by atoms with Crippen molar-refractivity contribution in [3.63, 3.8) is 0 Å². The maximum Gasteiger partial charge on any atom is 0.348 e. The zero-order valence-corrected chi connectivity index (χ0v) is 25.0. The Morgan fingerprint density at radius 1 is 1.14 bits per heavy atom. The monoisotopic (exact) mass is 604 g/mol. The number of aliphatic hydroxyl groups is 3. The topological polar surface area (TPSA) is 192 Å². The number of ketones is 1. The fourth-order valence-electron chi connectivity index (χ4n) is 8.27. The summed E-state index contributed by atoms with van der Waals surface area (Å²) in [6.07, 6.45) is -4.17. The summed E-state index contributed by atoms with van der Waals surface area (Å²) in [6, 6.07) is 0. The zero-order chi connectivity index (χ0) is 32.0. The first-order valence-electron chi connectivity index (χ1n) is 13.9. The van der Waals surface area contributed by atoms with Crippen molar-refractivity contribution in [2.24, 2.45) is 22.7 Å². The Labute approximate surface area is 247 Å². The molecule has 5 aliphatic rings. The molecule has 0 aromatic heterocycles. The summed E-state index contributed by atoms with van der Waals surface area (Å²) in [4.78, 5) is 64.6. The summed E-state index contributed by atoms with van der Waals surface area (Å²) in [5.74, 6) is -7.35. The third-order valence-corrected chi connectivity index (χ3v) is 10.3. The van der Waals surface area contributed by atoms with E-state index in [1.165, 1.54) is 26.8 Å². The van der Waals surface area contributed by atoms with E-state index in [-0.39, 0.29) is 24.2 Å². The van der Waals surface area contributed by atoms with Crippen molar-refractivity contribution in [2.45, 2.75) is 83.6 Å². The minimum Gasteiger partial charge on any atom is -0.504 e. The highest BCUT2D eigenvalue weighted by atomic mass is 16.6. The van der Waals surface area contributed by atoms with Crippen LogP contribution in [-0.4, -0.2) is 94.3 Å². The molecule has 5 rings (SSSR count). The van der Waals surface area contributed by atoms with E-state index in [9.17, 15) is 39.3 Å². The third-order valence-electron chi connectivity index (χ3n) is 10.3. The highest BCUT2D eigenvalue weighted by molar-refractivity contribution is 6.08. The van der Waals surface area contributed by atoms with Gasteiger partial charge in [-0.1, -0.05) is 6.92 Å². The Kier molecular flexibility index (Phi) is 6.99. The molecule has 2 aliphatic heterocycles. The van der Waals surface area contributed by atoms with E-state index < -0.39 is 93.7 Å². The van der Waals surface area contributed by atoms with Crippen LogP contribution < -0.4 is 0 Å². The molecule has 4 fully saturated rings. The van der Waals surface area contributed by atoms with Gasteiger partial charge in [0.2, 0.25) is 17.5 Å². The molecule has 0 aromatic carbocycles. The molecule has 9 atom stereocenters. The number of hydrogen-bond acceptors (Lipinski definition) is 13. The van der Waals surface area contributed by atoms with Gasteiger partial charge in [0.25, 0.3) is 0 Å². The molecule has 234 valence electrons. The van der Waals surface area contributed by atoms with E-state index in [2.05, 4.69) is 0 Å². The van der Waals surface area contributed by atoms with Crippen molar-refractivity contribution in [3.8, 4) is 0 Å². The van der Waals surface area contributed by atoms with Gasteiger partial charge >= 0.3 is 23.9 Å². The second kappa shape index (κ2) is 9.73. The quantitative estimate of drug-likeness (QED) is 0.227. The van der Waals surface area contributed by atoms with E-state index in [0.717, 1.165) is 13.2 Å². The first-order chi connectivity index (χ1) is 19.9. The molecule has 0 aromatic rings. The molecule has 2 heterocycles. The van der Waals surface area contributed by atoms with E-state index >= 15 is 0 Å². The number of rotatable bonds is 5. The van der Waals surface area contributed by atoms with Crippen LogP contribution >= 0.6 is 0 Å². The van der Waals surface area contributed by atoms with Crippen molar-refractivity contribution in [1.82, 2.24) is 0 Å². The maximum atomic E-state index is 13.6. The largest absolute Gasteiger partial charge is 0.504 e. The smallest absolute Gasteiger partial charge is 0.348 e. The van der Waals surface area contributed by atoms with Crippen LogP contribution in [0.25, 0.3) is 0 Å². The van der Waals surface area contributed by atoms with Gasteiger partial charge < -0.3 is 39.0 Å². The zero-order valence-electron chi connectivity index (χ0n) is 25.0. The standard InChI is InChI=1S/C30H36O13/c1-12(27(4,5)43-14(3)31)8-18(33)42-21-23-29-11-40-30(23,26(38)39-7)24(36)20(35)22(29)28(6)10-16(32)19(34)13(2)15(28)9-17(29)41-25(21)37/h8,10,17,20-24,32,35-36H,9,11H2,1-7H3/b12-8+/t17-,20-,21-,22-,23-,24+,28+,29-,30+/m1/s1. The lowest BCUT2D eigenvalue weighted by atomic mass is 9.40. The van der Waals surface area contributed by atoms with Crippen LogP contribution in [0.1, 0.15) is 48.0 Å². The van der Waals surface area contributed by atoms with Gasteiger partial charge in [0.1, 0.15) is 17.8 Å². The molecule has 1 spiro atoms. The van der Waals surface area contributed by atoms with Crippen LogP contribution in [0, 0.1) is 22.7 Å². The summed E-state index contributed by atoms with van der Waals surface area (Å²) in [5.41, 5.74) is -5.22. The van der Waals surface area contributed by atoms with Crippen LogP contribution in [0.3, 0.4) is 0 Å². The summed E-state index contributed by atoms with van der Waals surface area (Å²) in [5, 5.41) is 33.9. The van der Waals surface area contributed by atoms with Crippen molar-refractivity contribution in [3.05, 3.63) is 34.6 Å². The van der Waals surface area contributed by atoms with Gasteiger partial charge in [0, 0.05) is 41.7 Å². The van der Waals surface area contributed by atoms with Gasteiger partial charge in [-0.05, 0) is 44.9 Å². The summed E-state index contributed by atoms with van der Waals surface area (Å²) < 4.78 is 27.9. The van der Waals surface area contributed by atoms with E-state index in [1.54, 1.807) is 20.8 Å². The molecule has 2 saturated carbocycles. The lowest BCUT2D eigenvalue weighted by Crippen LogP contribution is -2.78. The Morgan fingerprint density at radius 3 is 2.40 bits per heavy atom. The van der Waals surface area contributed by atoms with Gasteiger partial charge in [-0.25, -0.2) is 14.4 Å². The highest BCUT2D eigenvalue weighted by Gasteiger charge is 2.84. The minimum atomic E-state index is -2.33. The van der Waals surface area contributed by atoms with Crippen molar-refractivity contribution in [2.75, 3.05) is 13.7 Å². The van der Waals surface area contributed by atoms with Crippen molar-refractivity contribution >= 4 is 29.7 Å². The van der Waals surface area contributed by atoms with Crippen LogP contribution in [0.2, 0.25) is 0 Å². The lowest BCUT2D eigenvalue weighted by molar-refractivity contribution is -0.272. The van der Waals surface area contributed by atoms with Gasteiger partial charge in [0.05, 0.1) is 25.7 Å². The Bertz CT molecular complexity index is 1420. The average Bonchev–Trinajstić information content (AvgIpc) is 3.21. The Hall–Kier alpha value is -3.55.